The van der Waals surface area contributed by atoms with E-state index in [0.717, 1.165) is 37.9 Å². The van der Waals surface area contributed by atoms with Crippen molar-refractivity contribution in [3.05, 3.63) is 82.9 Å². The second kappa shape index (κ2) is 9.02. The predicted molar refractivity (Wildman–Crippen MR) is 131 cm³/mol. The van der Waals surface area contributed by atoms with E-state index in [2.05, 4.69) is 51.8 Å². The average molecular weight is 445 g/mol. The van der Waals surface area contributed by atoms with E-state index in [9.17, 15) is 9.59 Å². The summed E-state index contributed by atoms with van der Waals surface area (Å²) in [5.41, 5.74) is 3.32. The number of rotatable bonds is 7. The third kappa shape index (κ3) is 4.27. The molecule has 1 aliphatic heterocycles. The van der Waals surface area contributed by atoms with Gasteiger partial charge in [0.15, 0.2) is 0 Å². The van der Waals surface area contributed by atoms with E-state index in [0.29, 0.717) is 19.1 Å². The van der Waals surface area contributed by atoms with E-state index in [4.69, 9.17) is 0 Å². The largest absolute Gasteiger partial charge is 0.343 e. The number of carbonyl (C=O) groups excluding carboxylic acids is 1. The number of allylic oxidation sites excluding steroid dienone is 1. The molecule has 0 bridgehead atoms. The number of hydrogen-bond donors (Lipinski definition) is 1. The van der Waals surface area contributed by atoms with Gasteiger partial charge in [-0.2, -0.15) is 0 Å². The van der Waals surface area contributed by atoms with Crippen LogP contribution in [0.2, 0.25) is 0 Å². The third-order valence-corrected chi connectivity index (χ3v) is 7.16. The Bertz CT molecular complexity index is 1240. The van der Waals surface area contributed by atoms with Crippen LogP contribution in [0.3, 0.4) is 0 Å². The molecule has 1 saturated carbocycles. The maximum atomic E-state index is 14.0. The van der Waals surface area contributed by atoms with E-state index >= 15 is 0 Å². The monoisotopic (exact) mass is 444 g/mol. The molecule has 3 aromatic rings. The Morgan fingerprint density at radius 3 is 2.82 bits per heavy atom. The van der Waals surface area contributed by atoms with Crippen LogP contribution in [-0.4, -0.2) is 39.1 Å². The van der Waals surface area contributed by atoms with Crippen molar-refractivity contribution in [3.8, 4) is 0 Å². The molecule has 0 radical (unpaired) electrons. The smallest absolute Gasteiger partial charge is 0.250 e. The summed E-state index contributed by atoms with van der Waals surface area (Å²) in [6.07, 6.45) is 8.88. The quantitative estimate of drug-likeness (QED) is 0.568. The molecular formula is C27H32N4O2. The van der Waals surface area contributed by atoms with Crippen LogP contribution in [0.25, 0.3) is 10.9 Å². The molecule has 2 fully saturated rings. The minimum Gasteiger partial charge on any atom is -0.343 e. The molecule has 2 aromatic heterocycles. The first-order valence-electron chi connectivity index (χ1n) is 11.9. The number of nitrogens with zero attached hydrogens (tertiary/aromatic N) is 3. The van der Waals surface area contributed by atoms with Gasteiger partial charge in [0.2, 0.25) is 5.91 Å². The van der Waals surface area contributed by atoms with E-state index in [1.807, 2.05) is 18.3 Å². The summed E-state index contributed by atoms with van der Waals surface area (Å²) in [4.78, 5) is 28.3. The summed E-state index contributed by atoms with van der Waals surface area (Å²) in [6, 6.07) is 12.4. The highest BCUT2D eigenvalue weighted by atomic mass is 16.2. The Kier molecular flexibility index (Phi) is 5.94. The van der Waals surface area contributed by atoms with E-state index in [1.165, 1.54) is 16.5 Å². The van der Waals surface area contributed by atoms with Gasteiger partial charge in [0, 0.05) is 62.1 Å². The van der Waals surface area contributed by atoms with Crippen molar-refractivity contribution in [3.63, 3.8) is 0 Å². The van der Waals surface area contributed by atoms with Crippen molar-refractivity contribution in [2.24, 2.45) is 13.0 Å². The van der Waals surface area contributed by atoms with Crippen molar-refractivity contribution >= 4 is 16.8 Å². The normalized spacial score (nSPS) is 20.6. The van der Waals surface area contributed by atoms with E-state index in [-0.39, 0.29) is 23.3 Å². The fraction of sp³-hybridized carbons (Fsp3) is 0.407. The van der Waals surface area contributed by atoms with E-state index < -0.39 is 0 Å². The van der Waals surface area contributed by atoms with Crippen LogP contribution in [-0.2, 0) is 24.9 Å². The SMILES string of the molecule is C=CCn1cc(CN(C(=O)C2CNCC[C@@H]2c2ccn(C)c(=O)c2)C2CC2)c2ccccc21. The topological polar surface area (TPSA) is 59.3 Å². The average Bonchev–Trinajstić information content (AvgIpc) is 3.62. The maximum absolute atomic E-state index is 14.0. The lowest BCUT2D eigenvalue weighted by molar-refractivity contribution is -0.138. The zero-order valence-electron chi connectivity index (χ0n) is 19.2. The van der Waals surface area contributed by atoms with Crippen LogP contribution in [0, 0.1) is 5.92 Å². The summed E-state index contributed by atoms with van der Waals surface area (Å²) in [7, 11) is 1.76. The molecule has 172 valence electrons. The first-order chi connectivity index (χ1) is 16.1. The van der Waals surface area contributed by atoms with Gasteiger partial charge in [-0.15, -0.1) is 6.58 Å². The molecule has 1 unspecified atom stereocenters. The zero-order chi connectivity index (χ0) is 22.9. The van der Waals surface area contributed by atoms with Crippen LogP contribution in [0.4, 0.5) is 0 Å². The molecule has 2 aliphatic rings. The Morgan fingerprint density at radius 2 is 2.06 bits per heavy atom. The molecule has 3 heterocycles. The Morgan fingerprint density at radius 1 is 1.24 bits per heavy atom. The highest BCUT2D eigenvalue weighted by Gasteiger charge is 2.40. The number of benzene rings is 1. The second-order valence-corrected chi connectivity index (χ2v) is 9.42. The number of carbonyl (C=O) groups is 1. The fourth-order valence-corrected chi connectivity index (χ4v) is 5.22. The summed E-state index contributed by atoms with van der Waals surface area (Å²) < 4.78 is 3.79. The zero-order valence-corrected chi connectivity index (χ0v) is 19.2. The lowest BCUT2D eigenvalue weighted by Gasteiger charge is -2.35. The summed E-state index contributed by atoms with van der Waals surface area (Å²) >= 11 is 0. The van der Waals surface area contributed by atoms with Gasteiger partial charge in [-0.3, -0.25) is 9.59 Å². The molecule has 2 atom stereocenters. The molecule has 33 heavy (non-hydrogen) atoms. The number of aryl methyl sites for hydroxylation is 1. The Labute approximate surface area is 194 Å². The van der Waals surface area contributed by atoms with Gasteiger partial charge in [0.05, 0.1) is 5.92 Å². The molecule has 1 saturated heterocycles. The lowest BCUT2D eigenvalue weighted by atomic mass is 9.80. The third-order valence-electron chi connectivity index (χ3n) is 7.16. The minimum atomic E-state index is -0.159. The van der Waals surface area contributed by atoms with Gasteiger partial charge in [-0.1, -0.05) is 24.3 Å². The summed E-state index contributed by atoms with van der Waals surface area (Å²) in [6.45, 7) is 6.77. The molecule has 5 rings (SSSR count). The first-order valence-corrected chi connectivity index (χ1v) is 11.9. The highest BCUT2D eigenvalue weighted by molar-refractivity contribution is 5.85. The van der Waals surface area contributed by atoms with Gasteiger partial charge in [-0.25, -0.2) is 0 Å². The van der Waals surface area contributed by atoms with Gasteiger partial charge in [0.25, 0.3) is 5.56 Å². The molecule has 1 amide bonds. The number of fused-ring (bicyclic) bond motifs is 1. The lowest BCUT2D eigenvalue weighted by Crippen LogP contribution is -2.47. The molecule has 6 nitrogen and oxygen atoms in total. The molecule has 1 aliphatic carbocycles. The number of amides is 1. The first kappa shape index (κ1) is 21.7. The minimum absolute atomic E-state index is 0.0219. The Balaban J connectivity index is 1.45. The molecule has 1 aromatic carbocycles. The second-order valence-electron chi connectivity index (χ2n) is 9.42. The maximum Gasteiger partial charge on any atom is 0.250 e. The van der Waals surface area contributed by atoms with Crippen molar-refractivity contribution in [1.82, 2.24) is 19.4 Å². The standard InChI is InChI=1S/C27H32N4O2/c1-3-13-30-17-20(23-6-4-5-7-25(23)30)18-31(21-8-9-21)27(33)24-16-28-12-10-22(24)19-11-14-29(2)26(32)15-19/h3-7,11,14-15,17,21-22,24,28H,1,8-10,12-13,16,18H2,2H3/t22-,24?/m1/s1. The number of pyridine rings is 1. The van der Waals surface area contributed by atoms with Crippen molar-refractivity contribution in [2.45, 2.75) is 44.3 Å². The van der Waals surface area contributed by atoms with Gasteiger partial charge < -0.3 is 19.4 Å². The number of piperidine rings is 1. The molecular weight excluding hydrogens is 412 g/mol. The van der Waals surface area contributed by atoms with E-state index in [1.54, 1.807) is 17.7 Å². The van der Waals surface area contributed by atoms with Gasteiger partial charge >= 0.3 is 0 Å². The van der Waals surface area contributed by atoms with Crippen molar-refractivity contribution < 1.29 is 4.79 Å². The van der Waals surface area contributed by atoms with Crippen molar-refractivity contribution in [1.29, 1.82) is 0 Å². The van der Waals surface area contributed by atoms with Crippen LogP contribution in [0.5, 0.6) is 0 Å². The number of nitrogens with one attached hydrogen (secondary N) is 1. The predicted octanol–water partition coefficient (Wildman–Crippen LogP) is 3.41. The molecule has 0 spiro atoms. The Hall–Kier alpha value is -3.12. The highest BCUT2D eigenvalue weighted by Crippen LogP contribution is 2.36. The number of hydrogen-bond acceptors (Lipinski definition) is 3. The van der Waals surface area contributed by atoms with Crippen LogP contribution < -0.4 is 10.9 Å². The van der Waals surface area contributed by atoms with Gasteiger partial charge in [0.1, 0.15) is 0 Å². The van der Waals surface area contributed by atoms with Crippen LogP contribution in [0.15, 0.2) is 66.2 Å². The van der Waals surface area contributed by atoms with Crippen molar-refractivity contribution in [2.75, 3.05) is 13.1 Å². The summed E-state index contributed by atoms with van der Waals surface area (Å²) in [5.74, 6) is 0.111. The molecule has 1 N–H and O–H groups in total. The summed E-state index contributed by atoms with van der Waals surface area (Å²) in [5, 5.41) is 4.62. The van der Waals surface area contributed by atoms with Gasteiger partial charge in [-0.05, 0) is 55.0 Å². The molecule has 6 heteroatoms. The fourth-order valence-electron chi connectivity index (χ4n) is 5.22. The van der Waals surface area contributed by atoms with Crippen LogP contribution in [0.1, 0.15) is 36.3 Å². The number of aromatic nitrogens is 2. The number of para-hydroxylation sites is 1. The van der Waals surface area contributed by atoms with Crippen LogP contribution >= 0.6 is 0 Å².